The molecule has 1 amide bonds. The predicted molar refractivity (Wildman–Crippen MR) is 98.9 cm³/mol. The lowest BCUT2D eigenvalue weighted by Crippen LogP contribution is -2.33. The van der Waals surface area contributed by atoms with Crippen molar-refractivity contribution < 1.29 is 14.3 Å². The third-order valence-electron chi connectivity index (χ3n) is 4.07. The van der Waals surface area contributed by atoms with Gasteiger partial charge in [0.1, 0.15) is 6.61 Å². The van der Waals surface area contributed by atoms with Gasteiger partial charge in [-0.2, -0.15) is 0 Å². The van der Waals surface area contributed by atoms with Crippen molar-refractivity contribution in [3.63, 3.8) is 0 Å². The summed E-state index contributed by atoms with van der Waals surface area (Å²) >= 11 is 0. The third kappa shape index (κ3) is 4.88. The van der Waals surface area contributed by atoms with Crippen LogP contribution in [0.25, 0.3) is 11.3 Å². The Morgan fingerprint density at radius 2 is 2.15 bits per heavy atom. The summed E-state index contributed by atoms with van der Waals surface area (Å²) in [6.07, 6.45) is 3.52. The first-order chi connectivity index (χ1) is 13.0. The van der Waals surface area contributed by atoms with E-state index in [1.54, 1.807) is 18.5 Å². The second-order valence-electron chi connectivity index (χ2n) is 6.01. The summed E-state index contributed by atoms with van der Waals surface area (Å²) in [5.41, 5.74) is 12.2. The Morgan fingerprint density at radius 3 is 2.81 bits per heavy atom. The minimum absolute atomic E-state index is 0.0488. The van der Waals surface area contributed by atoms with Gasteiger partial charge in [-0.25, -0.2) is 19.7 Å². The number of amides is 1. The summed E-state index contributed by atoms with van der Waals surface area (Å²) in [7, 11) is 1.96. The van der Waals surface area contributed by atoms with E-state index in [0.717, 1.165) is 18.6 Å². The Kier molecular flexibility index (Phi) is 5.77. The number of anilines is 1. The predicted octanol–water partition coefficient (Wildman–Crippen LogP) is 0.674. The van der Waals surface area contributed by atoms with Gasteiger partial charge in [-0.3, -0.25) is 0 Å². The van der Waals surface area contributed by atoms with Crippen LogP contribution < -0.4 is 16.4 Å². The molecule has 1 aliphatic heterocycles. The van der Waals surface area contributed by atoms with Gasteiger partial charge >= 0.3 is 6.09 Å². The van der Waals surface area contributed by atoms with Gasteiger partial charge in [-0.05, 0) is 18.6 Å². The first-order valence-corrected chi connectivity index (χ1v) is 8.38. The number of pyridine rings is 1. The van der Waals surface area contributed by atoms with Crippen LogP contribution in [-0.4, -0.2) is 53.3 Å². The summed E-state index contributed by atoms with van der Waals surface area (Å²) in [5.74, 6) is 0.282. The van der Waals surface area contributed by atoms with Gasteiger partial charge < -0.3 is 25.8 Å². The van der Waals surface area contributed by atoms with Crippen molar-refractivity contribution in [3.05, 3.63) is 36.3 Å². The highest BCUT2D eigenvalue weighted by Gasteiger charge is 2.22. The van der Waals surface area contributed by atoms with E-state index in [4.69, 9.17) is 20.9 Å². The molecule has 0 spiro atoms. The van der Waals surface area contributed by atoms with E-state index >= 15 is 0 Å². The fraction of sp³-hybridized carbons (Fsp3) is 0.353. The first-order valence-electron chi connectivity index (χ1n) is 8.38. The molecular weight excluding hydrogens is 350 g/mol. The summed E-state index contributed by atoms with van der Waals surface area (Å²) < 4.78 is 10.3. The molecule has 0 aliphatic carbocycles. The smallest absolute Gasteiger partial charge is 0.437 e. The number of carbonyl (C=O) groups is 1. The molecule has 10 nitrogen and oxygen atoms in total. The van der Waals surface area contributed by atoms with Crippen LogP contribution in [0.3, 0.4) is 0 Å². The summed E-state index contributed by atoms with van der Waals surface area (Å²) in [4.78, 5) is 30.0. The molecule has 0 bridgehead atoms. The van der Waals surface area contributed by atoms with Gasteiger partial charge in [0.25, 0.3) is 0 Å². The highest BCUT2D eigenvalue weighted by atomic mass is 16.5. The van der Waals surface area contributed by atoms with Gasteiger partial charge in [-0.15, -0.1) is 4.99 Å². The van der Waals surface area contributed by atoms with Crippen molar-refractivity contribution in [2.75, 3.05) is 25.2 Å². The Hall–Kier alpha value is -3.27. The topological polar surface area (TPSA) is 142 Å². The average Bonchev–Trinajstić information content (AvgIpc) is 3.20. The molecule has 10 heteroatoms. The zero-order valence-corrected chi connectivity index (χ0v) is 14.9. The molecule has 3 rings (SSSR count). The number of aromatic nitrogens is 3. The quantitative estimate of drug-likeness (QED) is 0.573. The molecular formula is C17H21N7O3. The van der Waals surface area contributed by atoms with E-state index in [2.05, 4.69) is 19.9 Å². The number of nitrogens with two attached hydrogens (primary N) is 2. The minimum atomic E-state index is -0.867. The van der Waals surface area contributed by atoms with Gasteiger partial charge in [-0.1, -0.05) is 6.07 Å². The SMILES string of the molecule is CN(c1ncc(-c2cccc(COC(=O)N=C(N)N)n2)cn1)C1CCOC1. The number of ether oxygens (including phenoxy) is 2. The van der Waals surface area contributed by atoms with Crippen molar-refractivity contribution in [2.24, 2.45) is 16.5 Å². The Morgan fingerprint density at radius 1 is 1.37 bits per heavy atom. The molecule has 3 heterocycles. The van der Waals surface area contributed by atoms with Crippen LogP contribution in [0.2, 0.25) is 0 Å². The van der Waals surface area contributed by atoms with E-state index in [-0.39, 0.29) is 18.6 Å². The first kappa shape index (κ1) is 18.5. The van der Waals surface area contributed by atoms with Crippen LogP contribution in [0, 0.1) is 0 Å². The van der Waals surface area contributed by atoms with Crippen LogP contribution in [0.5, 0.6) is 0 Å². The number of guanidine groups is 1. The fourth-order valence-corrected chi connectivity index (χ4v) is 2.62. The third-order valence-corrected chi connectivity index (χ3v) is 4.07. The van der Waals surface area contributed by atoms with Crippen molar-refractivity contribution in [1.29, 1.82) is 0 Å². The number of nitrogens with zero attached hydrogens (tertiary/aromatic N) is 5. The zero-order valence-electron chi connectivity index (χ0n) is 14.9. The van der Waals surface area contributed by atoms with E-state index < -0.39 is 6.09 Å². The number of hydrogen-bond donors (Lipinski definition) is 2. The van der Waals surface area contributed by atoms with E-state index in [0.29, 0.717) is 23.9 Å². The van der Waals surface area contributed by atoms with Gasteiger partial charge in [0.2, 0.25) is 5.95 Å². The lowest BCUT2D eigenvalue weighted by atomic mass is 10.2. The second-order valence-corrected chi connectivity index (χ2v) is 6.01. The minimum Gasteiger partial charge on any atom is -0.441 e. The van der Waals surface area contributed by atoms with Crippen molar-refractivity contribution in [1.82, 2.24) is 15.0 Å². The monoisotopic (exact) mass is 371 g/mol. The van der Waals surface area contributed by atoms with Gasteiger partial charge in [0.15, 0.2) is 5.96 Å². The Labute approximate surface area is 156 Å². The number of hydrogen-bond acceptors (Lipinski definition) is 7. The largest absolute Gasteiger partial charge is 0.441 e. The maximum absolute atomic E-state index is 11.4. The molecule has 0 saturated carbocycles. The van der Waals surface area contributed by atoms with Crippen LogP contribution in [0.15, 0.2) is 35.6 Å². The van der Waals surface area contributed by atoms with Crippen LogP contribution in [0.1, 0.15) is 12.1 Å². The van der Waals surface area contributed by atoms with Crippen LogP contribution >= 0.6 is 0 Å². The standard InChI is InChI=1S/C17H21N7O3/c1-24(13-5-6-26-10-13)16-20-7-11(8-21-16)14-4-2-3-12(22-14)9-27-17(25)23-15(18)19/h2-4,7-8,13H,5-6,9-10H2,1H3,(H4,18,19,23,25). The van der Waals surface area contributed by atoms with Crippen molar-refractivity contribution in [2.45, 2.75) is 19.1 Å². The number of rotatable bonds is 5. The molecule has 1 fully saturated rings. The molecule has 2 aromatic rings. The van der Waals surface area contributed by atoms with Crippen LogP contribution in [-0.2, 0) is 16.1 Å². The van der Waals surface area contributed by atoms with Crippen molar-refractivity contribution >= 4 is 18.0 Å². The summed E-state index contributed by atoms with van der Waals surface area (Å²) in [5, 5.41) is 0. The molecule has 1 saturated heterocycles. The number of aliphatic imine (C=N–C) groups is 1. The lowest BCUT2D eigenvalue weighted by Gasteiger charge is -2.22. The molecule has 1 aliphatic rings. The van der Waals surface area contributed by atoms with Crippen LogP contribution in [0.4, 0.5) is 10.7 Å². The molecule has 0 aromatic carbocycles. The number of carbonyl (C=O) groups excluding carboxylic acids is 1. The normalized spacial score (nSPS) is 16.0. The fourth-order valence-electron chi connectivity index (χ4n) is 2.62. The lowest BCUT2D eigenvalue weighted by molar-refractivity contribution is 0.149. The average molecular weight is 371 g/mol. The van der Waals surface area contributed by atoms with Crippen molar-refractivity contribution in [3.8, 4) is 11.3 Å². The van der Waals surface area contributed by atoms with E-state index in [1.807, 2.05) is 24.1 Å². The molecule has 27 heavy (non-hydrogen) atoms. The Balaban J connectivity index is 1.67. The maximum atomic E-state index is 11.4. The molecule has 1 atom stereocenters. The second kappa shape index (κ2) is 8.41. The van der Waals surface area contributed by atoms with Gasteiger partial charge in [0, 0.05) is 31.6 Å². The highest BCUT2D eigenvalue weighted by Crippen LogP contribution is 2.20. The summed E-state index contributed by atoms with van der Waals surface area (Å²) in [6.45, 7) is 1.40. The molecule has 142 valence electrons. The molecule has 1 unspecified atom stereocenters. The maximum Gasteiger partial charge on any atom is 0.437 e. The zero-order chi connectivity index (χ0) is 19.2. The van der Waals surface area contributed by atoms with E-state index in [9.17, 15) is 4.79 Å². The molecule has 0 radical (unpaired) electrons. The van der Waals surface area contributed by atoms with Gasteiger partial charge in [0.05, 0.1) is 24.0 Å². The molecule has 2 aromatic heterocycles. The Bertz CT molecular complexity index is 816. The number of likely N-dealkylation sites (N-methyl/N-ethyl adjacent to an activating group) is 1. The molecule has 4 N–H and O–H groups in total. The van der Waals surface area contributed by atoms with E-state index in [1.165, 1.54) is 0 Å². The highest BCUT2D eigenvalue weighted by molar-refractivity contribution is 5.87. The summed E-state index contributed by atoms with van der Waals surface area (Å²) in [6, 6.07) is 5.66.